The number of anilines is 1. The molecule has 0 spiro atoms. The number of ether oxygens (including phenoxy) is 1. The number of nitrogens with one attached hydrogen (secondary N) is 3. The Balaban J connectivity index is 1.60. The highest BCUT2D eigenvalue weighted by Gasteiger charge is 2.26. The monoisotopic (exact) mass is 545 g/mol. The summed E-state index contributed by atoms with van der Waals surface area (Å²) in [5, 5.41) is 12.8. The highest BCUT2D eigenvalue weighted by atomic mass is 79.9. The lowest BCUT2D eigenvalue weighted by Gasteiger charge is -2.14. The molecule has 1 aliphatic rings. The average molecular weight is 547 g/mol. The van der Waals surface area contributed by atoms with Gasteiger partial charge in [0.05, 0.1) is 16.3 Å². The van der Waals surface area contributed by atoms with E-state index in [1.165, 1.54) is 4.68 Å². The Bertz CT molecular complexity index is 1220. The summed E-state index contributed by atoms with van der Waals surface area (Å²) in [6.07, 6.45) is 1.33. The normalized spacial score (nSPS) is 15.7. The van der Waals surface area contributed by atoms with Crippen LogP contribution in [0.25, 0.3) is 5.69 Å². The minimum absolute atomic E-state index is 0.0789. The molecule has 176 valence electrons. The van der Waals surface area contributed by atoms with Crippen LogP contribution in [-0.2, 0) is 4.79 Å². The number of halogens is 2. The third-order valence-electron chi connectivity index (χ3n) is 5.17. The minimum Gasteiger partial charge on any atom is -0.388 e. The van der Waals surface area contributed by atoms with E-state index in [1.54, 1.807) is 36.4 Å². The lowest BCUT2D eigenvalue weighted by Crippen LogP contribution is -2.46. The summed E-state index contributed by atoms with van der Waals surface area (Å²) < 4.78 is 7.08. The van der Waals surface area contributed by atoms with Gasteiger partial charge in [-0.2, -0.15) is 0 Å². The molecule has 0 saturated carbocycles. The molecule has 3 N–H and O–H groups in total. The van der Waals surface area contributed by atoms with Crippen molar-refractivity contribution in [2.24, 2.45) is 0 Å². The Morgan fingerprint density at radius 2 is 1.85 bits per heavy atom. The van der Waals surface area contributed by atoms with Crippen LogP contribution < -0.4 is 20.7 Å². The molecule has 1 fully saturated rings. The quantitative estimate of drug-likeness (QED) is 0.442. The number of hydrogen-bond donors (Lipinski definition) is 3. The fraction of sp³-hybridized carbons (Fsp3) is 0.217. The van der Waals surface area contributed by atoms with E-state index in [1.807, 2.05) is 18.2 Å². The van der Waals surface area contributed by atoms with Gasteiger partial charge >= 0.3 is 6.09 Å². The van der Waals surface area contributed by atoms with E-state index in [9.17, 15) is 14.4 Å². The maximum Gasteiger partial charge on any atom is 0.414 e. The summed E-state index contributed by atoms with van der Waals surface area (Å²) in [5.41, 5.74) is 0.896. The molecular formula is C23H21BrClN5O4. The molecule has 0 aliphatic carbocycles. The SMILES string of the molecule is O=C(N[C@@H]1CCCCNC1=O)Oc1nn(-c2ccccc2)c(NC(=O)c2ccccc2Cl)c1Br. The van der Waals surface area contributed by atoms with Crippen LogP contribution in [0.15, 0.2) is 59.1 Å². The zero-order valence-corrected chi connectivity index (χ0v) is 20.2. The average Bonchev–Trinajstić information content (AvgIpc) is 2.98. The number of amides is 3. The predicted molar refractivity (Wildman–Crippen MR) is 130 cm³/mol. The molecule has 3 aromatic rings. The van der Waals surface area contributed by atoms with Crippen LogP contribution in [0.5, 0.6) is 5.88 Å². The van der Waals surface area contributed by atoms with Crippen LogP contribution >= 0.6 is 27.5 Å². The van der Waals surface area contributed by atoms with Gasteiger partial charge in [0.1, 0.15) is 10.5 Å². The van der Waals surface area contributed by atoms with Crippen LogP contribution in [0.3, 0.4) is 0 Å². The van der Waals surface area contributed by atoms with Crippen molar-refractivity contribution in [2.75, 3.05) is 11.9 Å². The van der Waals surface area contributed by atoms with Gasteiger partial charge in [-0.15, -0.1) is 5.10 Å². The molecular weight excluding hydrogens is 526 g/mol. The summed E-state index contributed by atoms with van der Waals surface area (Å²) in [6.45, 7) is 0.577. The van der Waals surface area contributed by atoms with Crippen LogP contribution in [0.4, 0.5) is 10.6 Å². The van der Waals surface area contributed by atoms with E-state index in [0.717, 1.165) is 12.8 Å². The minimum atomic E-state index is -0.829. The maximum absolute atomic E-state index is 12.9. The van der Waals surface area contributed by atoms with Crippen LogP contribution in [0.1, 0.15) is 29.6 Å². The molecule has 9 nitrogen and oxygen atoms in total. The third-order valence-corrected chi connectivity index (χ3v) is 6.21. The van der Waals surface area contributed by atoms with Gasteiger partial charge in [-0.3, -0.25) is 9.59 Å². The first-order chi connectivity index (χ1) is 16.4. The largest absolute Gasteiger partial charge is 0.414 e. The Morgan fingerprint density at radius 3 is 2.62 bits per heavy atom. The van der Waals surface area contributed by atoms with Gasteiger partial charge < -0.3 is 20.7 Å². The van der Waals surface area contributed by atoms with Crippen molar-refractivity contribution < 1.29 is 19.1 Å². The number of nitrogens with zero attached hydrogens (tertiary/aromatic N) is 2. The number of para-hydroxylation sites is 1. The van der Waals surface area contributed by atoms with E-state index in [0.29, 0.717) is 23.7 Å². The Hall–Kier alpha value is -3.37. The summed E-state index contributed by atoms with van der Waals surface area (Å²) in [5.74, 6) is -0.554. The molecule has 0 bridgehead atoms. The van der Waals surface area contributed by atoms with E-state index in [2.05, 4.69) is 37.0 Å². The van der Waals surface area contributed by atoms with Crippen molar-refractivity contribution in [3.05, 3.63) is 69.7 Å². The second kappa shape index (κ2) is 10.7. The van der Waals surface area contributed by atoms with E-state index in [-0.39, 0.29) is 27.6 Å². The summed E-state index contributed by atoms with van der Waals surface area (Å²) in [4.78, 5) is 37.6. The van der Waals surface area contributed by atoms with Crippen molar-refractivity contribution >= 4 is 51.3 Å². The molecule has 1 aromatic heterocycles. The fourth-order valence-corrected chi connectivity index (χ4v) is 4.11. The molecule has 1 aliphatic heterocycles. The molecule has 2 heterocycles. The van der Waals surface area contributed by atoms with Gasteiger partial charge in [0, 0.05) is 6.54 Å². The van der Waals surface area contributed by atoms with E-state index in [4.69, 9.17) is 16.3 Å². The van der Waals surface area contributed by atoms with Gasteiger partial charge in [0.2, 0.25) is 5.91 Å². The predicted octanol–water partition coefficient (Wildman–Crippen LogP) is 4.30. The van der Waals surface area contributed by atoms with Gasteiger partial charge in [-0.25, -0.2) is 9.48 Å². The first-order valence-electron chi connectivity index (χ1n) is 10.6. The van der Waals surface area contributed by atoms with Crippen molar-refractivity contribution in [1.82, 2.24) is 20.4 Å². The summed E-state index contributed by atoms with van der Waals surface area (Å²) in [7, 11) is 0. The Morgan fingerprint density at radius 1 is 1.12 bits per heavy atom. The first kappa shape index (κ1) is 23.8. The lowest BCUT2D eigenvalue weighted by atomic mass is 10.1. The van der Waals surface area contributed by atoms with Gasteiger partial charge in [0.15, 0.2) is 5.82 Å². The second-order valence-electron chi connectivity index (χ2n) is 7.52. The molecule has 1 saturated heterocycles. The zero-order valence-electron chi connectivity index (χ0n) is 17.9. The van der Waals surface area contributed by atoms with Crippen LogP contribution in [0, 0.1) is 0 Å². The number of benzene rings is 2. The highest BCUT2D eigenvalue weighted by Crippen LogP contribution is 2.35. The number of hydrogen-bond acceptors (Lipinski definition) is 5. The smallest absolute Gasteiger partial charge is 0.388 e. The molecule has 2 aromatic carbocycles. The topological polar surface area (TPSA) is 114 Å². The molecule has 1 atom stereocenters. The highest BCUT2D eigenvalue weighted by molar-refractivity contribution is 9.10. The van der Waals surface area contributed by atoms with Crippen LogP contribution in [-0.4, -0.2) is 40.3 Å². The lowest BCUT2D eigenvalue weighted by molar-refractivity contribution is -0.122. The van der Waals surface area contributed by atoms with E-state index < -0.39 is 18.0 Å². The maximum atomic E-state index is 12.9. The van der Waals surface area contributed by atoms with Crippen molar-refractivity contribution in [2.45, 2.75) is 25.3 Å². The standard InChI is InChI=1S/C23H21BrClN5O4/c24-18-19(28-20(31)15-10-4-5-11-16(15)25)30(14-8-2-1-3-9-14)29-22(18)34-23(33)27-17-12-6-7-13-26-21(17)32/h1-5,8-11,17H,6-7,12-13H2,(H,26,32)(H,27,33)(H,28,31)/t17-/m1/s1. The van der Waals surface area contributed by atoms with Gasteiger partial charge in [0.25, 0.3) is 11.8 Å². The molecule has 4 rings (SSSR count). The van der Waals surface area contributed by atoms with Gasteiger partial charge in [-0.05, 0) is 59.5 Å². The fourth-order valence-electron chi connectivity index (χ4n) is 3.46. The molecule has 3 amide bonds. The summed E-state index contributed by atoms with van der Waals surface area (Å²) in [6, 6.07) is 15.0. The third kappa shape index (κ3) is 5.40. The van der Waals surface area contributed by atoms with E-state index >= 15 is 0 Å². The number of rotatable bonds is 5. The second-order valence-corrected chi connectivity index (χ2v) is 8.72. The van der Waals surface area contributed by atoms with Crippen molar-refractivity contribution in [1.29, 1.82) is 0 Å². The summed E-state index contributed by atoms with van der Waals surface area (Å²) >= 11 is 9.55. The molecule has 11 heteroatoms. The van der Waals surface area contributed by atoms with Crippen LogP contribution in [0.2, 0.25) is 5.02 Å². The zero-order chi connectivity index (χ0) is 24.1. The van der Waals surface area contributed by atoms with Crippen molar-refractivity contribution in [3.63, 3.8) is 0 Å². The molecule has 0 radical (unpaired) electrons. The Kier molecular flexibility index (Phi) is 7.49. The number of aromatic nitrogens is 2. The first-order valence-corrected chi connectivity index (χ1v) is 11.8. The molecule has 34 heavy (non-hydrogen) atoms. The number of carbonyl (C=O) groups is 3. The Labute approximate surface area is 208 Å². The molecule has 0 unspecified atom stereocenters. The van der Waals surface area contributed by atoms with Crippen molar-refractivity contribution in [3.8, 4) is 11.6 Å². The number of carbonyl (C=O) groups excluding carboxylic acids is 3. The van der Waals surface area contributed by atoms with Gasteiger partial charge in [-0.1, -0.05) is 41.9 Å².